The predicted octanol–water partition coefficient (Wildman–Crippen LogP) is 25.9. The minimum Gasteiger partial charge on any atom is -0.343 e. The van der Waals surface area contributed by atoms with Crippen LogP contribution in [0.15, 0.2) is 222 Å². The van der Waals surface area contributed by atoms with Gasteiger partial charge in [0.25, 0.3) is 0 Å². The number of nitrogens with zero attached hydrogens (tertiary/aromatic N) is 8. The van der Waals surface area contributed by atoms with Crippen LogP contribution in [-0.4, -0.2) is 61.4 Å². The highest BCUT2D eigenvalue weighted by Crippen LogP contribution is 2.60. The Morgan fingerprint density at radius 3 is 0.963 bits per heavy atom. The smallest absolute Gasteiger partial charge is 0.104 e. The van der Waals surface area contributed by atoms with E-state index < -0.39 is 6.02 Å². The summed E-state index contributed by atoms with van der Waals surface area (Å²) in [5.74, 6) is 4.41. The van der Waals surface area contributed by atoms with E-state index in [-0.39, 0.29) is 22.8 Å². The molecule has 6 fully saturated rings. The van der Waals surface area contributed by atoms with Gasteiger partial charge in [0.1, 0.15) is 24.7 Å². The number of fused-ring (bicyclic) bond motifs is 4. The Kier molecular flexibility index (Phi) is 21.7. The zero-order valence-electron chi connectivity index (χ0n) is 70.1. The minimum absolute atomic E-state index is 0.0326. The van der Waals surface area contributed by atoms with Gasteiger partial charge in [-0.25, -0.2) is 0 Å². The fourth-order valence-corrected chi connectivity index (χ4v) is 25.2. The van der Waals surface area contributed by atoms with E-state index in [1.165, 1.54) is 282 Å². The van der Waals surface area contributed by atoms with Crippen molar-refractivity contribution in [2.45, 2.75) is 317 Å². The average molecular weight is 1460 g/mol. The first-order valence-corrected chi connectivity index (χ1v) is 44.2. The fourth-order valence-electron chi connectivity index (χ4n) is 25.2. The molecule has 5 aromatic carbocycles. The van der Waals surface area contributed by atoms with E-state index in [0.29, 0.717) is 30.3 Å². The third kappa shape index (κ3) is 13.1. The SMILES string of the molecule is CC1=C2C=CC(C3CCCCC3)(C3CCCC3)N2C(C)N1c1ccccc1C.CC1=C2C=CC(C3CCCCC3)(C3CCCCC3)N2C(C)N1c1ccccc1C.CC1=C2C=CC(c3ccccc3)(C3CCCCC3)N2C(C)N1c1ccccc1C.[2H]C1(C2CCCCC2)C=CC2=C(C)N(c3ccccc3C)C(C)N21. The number of para-hydroxylation sites is 4. The van der Waals surface area contributed by atoms with Crippen LogP contribution in [0.2, 0.25) is 0 Å². The van der Waals surface area contributed by atoms with E-state index in [1.807, 2.05) is 0 Å². The first-order valence-electron chi connectivity index (χ1n) is 44.7. The van der Waals surface area contributed by atoms with Crippen molar-refractivity contribution in [2.24, 2.45) is 35.5 Å². The van der Waals surface area contributed by atoms with Gasteiger partial charge in [0.05, 0.1) is 46.8 Å². The van der Waals surface area contributed by atoms with Crippen LogP contribution in [0.3, 0.4) is 0 Å². The lowest BCUT2D eigenvalue weighted by Crippen LogP contribution is -2.59. The minimum atomic E-state index is -0.576. The topological polar surface area (TPSA) is 25.9 Å². The number of hydrogen-bond acceptors (Lipinski definition) is 8. The van der Waals surface area contributed by atoms with E-state index in [1.54, 1.807) is 0 Å². The molecule has 578 valence electrons. The number of benzene rings is 5. The van der Waals surface area contributed by atoms with Gasteiger partial charge >= 0.3 is 0 Å². The molecule has 109 heavy (non-hydrogen) atoms. The maximum atomic E-state index is 9.31. The molecule has 0 saturated heterocycles. The average Bonchev–Trinajstić information content (AvgIpc) is 1.65. The maximum Gasteiger partial charge on any atom is 0.104 e. The van der Waals surface area contributed by atoms with Gasteiger partial charge < -0.3 is 39.2 Å². The molecule has 0 aromatic heterocycles. The second-order valence-corrected chi connectivity index (χ2v) is 35.9. The maximum absolute atomic E-state index is 9.31. The molecule has 8 heterocycles. The summed E-state index contributed by atoms with van der Waals surface area (Å²) in [7, 11) is 0. The van der Waals surface area contributed by atoms with Crippen LogP contribution in [0.4, 0.5) is 22.7 Å². The third-order valence-corrected chi connectivity index (χ3v) is 30.2. The van der Waals surface area contributed by atoms with Gasteiger partial charge in [-0.05, 0) is 272 Å². The molecule has 7 unspecified atom stereocenters. The summed E-state index contributed by atoms with van der Waals surface area (Å²) in [5, 5.41) is 0. The number of aryl methyl sites for hydroxylation is 4. The summed E-state index contributed by atoms with van der Waals surface area (Å²) >= 11 is 0. The molecule has 14 aliphatic rings. The van der Waals surface area contributed by atoms with E-state index in [2.05, 4.69) is 298 Å². The van der Waals surface area contributed by atoms with Crippen LogP contribution in [-0.2, 0) is 5.54 Å². The van der Waals surface area contributed by atoms with Gasteiger partial charge in [-0.1, -0.05) is 237 Å². The van der Waals surface area contributed by atoms with Crippen LogP contribution in [0.1, 0.15) is 271 Å². The zero-order valence-corrected chi connectivity index (χ0v) is 69.1. The molecule has 19 rings (SSSR count). The molecule has 5 aromatic rings. The van der Waals surface area contributed by atoms with E-state index >= 15 is 0 Å². The van der Waals surface area contributed by atoms with Crippen molar-refractivity contribution in [3.8, 4) is 0 Å². The Hall–Kier alpha value is -7.58. The Balaban J connectivity index is 0.000000112. The summed E-state index contributed by atoms with van der Waals surface area (Å²) in [6, 6.07) is 45.9. The summed E-state index contributed by atoms with van der Waals surface area (Å²) in [5.41, 5.74) is 23.8. The Morgan fingerprint density at radius 2 is 0.587 bits per heavy atom. The molecule has 6 aliphatic carbocycles. The van der Waals surface area contributed by atoms with Gasteiger partial charge in [0.15, 0.2) is 0 Å². The predicted molar refractivity (Wildman–Crippen MR) is 459 cm³/mol. The fraction of sp³-hybridized carbons (Fsp3) is 0.545. The number of hydrogen-bond donors (Lipinski definition) is 0. The molecule has 8 nitrogen and oxygen atoms in total. The lowest BCUT2D eigenvalue weighted by molar-refractivity contribution is 0.0111. The van der Waals surface area contributed by atoms with Crippen molar-refractivity contribution in [1.29, 1.82) is 0 Å². The first-order chi connectivity index (χ1) is 53.5. The standard InChI is InChI=1S/C27H38N2.C27H32N2.C26H36N2.C21H28N2/c2*1-20-12-10-11-17-25(20)28-21(2)26-18-19-27(29(26)22(28)3,23-13-6-4-7-14-23)24-15-8-5-9-16-24;1-19-11-7-10-16-24(19)27-20(2)25-17-18-26(28(25)21(27)3,23-14-8-9-15-23)22-12-5-4-6-13-22;1-15-9-7-8-12-19(15)22-16(2)20-13-14-21(23(20)17(22)3)18-10-5-4-6-11-18/h10-12,17-19,22-24H,4-9,13-16H2,1-3H3;4,6-7,10-14,17-19,22,24H,5,8-9,15-16H2,1-3H3;7,10-11,16-18,21-23H,4-6,8-9,12-15H2,1-3H3;7-9,12-14,17-18,21H,4-6,10-11H2,1-3H3/i;;;21D. The normalized spacial score (nSPS) is 29.3. The van der Waals surface area contributed by atoms with Crippen molar-refractivity contribution in [1.82, 2.24) is 19.6 Å². The molecule has 7 atom stereocenters. The van der Waals surface area contributed by atoms with E-state index in [4.69, 9.17) is 0 Å². The highest BCUT2D eigenvalue weighted by Gasteiger charge is 2.59. The van der Waals surface area contributed by atoms with Gasteiger partial charge in [-0.2, -0.15) is 0 Å². The highest BCUT2D eigenvalue weighted by atomic mass is 15.5. The summed E-state index contributed by atoms with van der Waals surface area (Å²) < 4.78 is 9.31. The second-order valence-electron chi connectivity index (χ2n) is 35.9. The number of rotatable bonds is 11. The van der Waals surface area contributed by atoms with Crippen LogP contribution in [0, 0.1) is 63.2 Å². The third-order valence-electron chi connectivity index (χ3n) is 30.2. The Bertz CT molecular complexity index is 4340. The van der Waals surface area contributed by atoms with Gasteiger partial charge in [-0.15, -0.1) is 0 Å². The van der Waals surface area contributed by atoms with E-state index in [9.17, 15) is 1.37 Å². The summed E-state index contributed by atoms with van der Waals surface area (Å²) in [4.78, 5) is 21.1. The molecule has 8 aliphatic heterocycles. The lowest BCUT2D eigenvalue weighted by atomic mass is 9.64. The Labute approximate surface area is 660 Å². The van der Waals surface area contributed by atoms with Gasteiger partial charge in [0.2, 0.25) is 0 Å². The summed E-state index contributed by atoms with van der Waals surface area (Å²) in [6.45, 7) is 27.6. The van der Waals surface area contributed by atoms with E-state index in [0.717, 1.165) is 23.7 Å². The molecule has 0 radical (unpaired) electrons. The molecular formula is C101H134N8. The molecule has 0 bridgehead atoms. The van der Waals surface area contributed by atoms with Gasteiger partial charge in [-0.3, -0.25) is 0 Å². The largest absolute Gasteiger partial charge is 0.343 e. The Morgan fingerprint density at radius 1 is 0.294 bits per heavy atom. The summed E-state index contributed by atoms with van der Waals surface area (Å²) in [6.07, 6.45) is 61.0. The quantitative estimate of drug-likeness (QED) is 0.129. The molecular weight excluding hydrogens is 1330 g/mol. The number of allylic oxidation sites excluding steroid dienone is 8. The molecule has 6 saturated carbocycles. The van der Waals surface area contributed by atoms with Crippen LogP contribution >= 0.6 is 0 Å². The zero-order chi connectivity index (χ0) is 76.2. The van der Waals surface area contributed by atoms with Crippen LogP contribution in [0.25, 0.3) is 0 Å². The number of anilines is 4. The van der Waals surface area contributed by atoms with Crippen molar-refractivity contribution in [2.75, 3.05) is 19.6 Å². The highest BCUT2D eigenvalue weighted by molar-refractivity contribution is 5.67. The van der Waals surface area contributed by atoms with Crippen molar-refractivity contribution in [3.63, 3.8) is 0 Å². The van der Waals surface area contributed by atoms with Crippen molar-refractivity contribution in [3.05, 3.63) is 249 Å². The molecule has 0 spiro atoms. The van der Waals surface area contributed by atoms with Crippen LogP contribution < -0.4 is 19.6 Å². The first kappa shape index (κ1) is 74.2. The van der Waals surface area contributed by atoms with Gasteiger partial charge in [0, 0.05) is 45.5 Å². The second kappa shape index (κ2) is 31.9. The molecule has 0 amide bonds. The van der Waals surface area contributed by atoms with Crippen molar-refractivity contribution < 1.29 is 1.37 Å². The molecule has 0 N–H and O–H groups in total. The molecule has 8 heteroatoms. The van der Waals surface area contributed by atoms with Crippen molar-refractivity contribution >= 4 is 22.7 Å². The van der Waals surface area contributed by atoms with Crippen LogP contribution in [0.5, 0.6) is 0 Å². The lowest BCUT2D eigenvalue weighted by Gasteiger charge is -2.53. The monoisotopic (exact) mass is 1460 g/mol.